The third kappa shape index (κ3) is 3.70. The van der Waals surface area contributed by atoms with Crippen molar-refractivity contribution in [2.75, 3.05) is 20.3 Å². The van der Waals surface area contributed by atoms with Gasteiger partial charge in [-0.05, 0) is 31.0 Å². The fraction of sp³-hybridized carbons (Fsp3) is 0.438. The Bertz CT molecular complexity index is 713. The molecule has 1 aliphatic heterocycles. The quantitative estimate of drug-likeness (QED) is 0.900. The molecule has 1 saturated heterocycles. The van der Waals surface area contributed by atoms with Crippen LogP contribution in [0.15, 0.2) is 22.6 Å². The number of benzene rings is 1. The average molecular weight is 335 g/mol. The molecule has 1 aromatic heterocycles. The van der Waals surface area contributed by atoms with E-state index in [1.165, 1.54) is 19.2 Å². The van der Waals surface area contributed by atoms with E-state index in [4.69, 9.17) is 13.9 Å². The Labute approximate surface area is 138 Å². The Morgan fingerprint density at radius 1 is 1.46 bits per heavy atom. The van der Waals surface area contributed by atoms with Crippen LogP contribution in [-0.4, -0.2) is 36.4 Å². The van der Waals surface area contributed by atoms with E-state index in [1.807, 2.05) is 0 Å². The first-order valence-corrected chi connectivity index (χ1v) is 7.69. The highest BCUT2D eigenvalue weighted by atomic mass is 19.1. The molecule has 2 heterocycles. The lowest BCUT2D eigenvalue weighted by Crippen LogP contribution is -2.23. The van der Waals surface area contributed by atoms with E-state index in [0.29, 0.717) is 18.4 Å². The summed E-state index contributed by atoms with van der Waals surface area (Å²) in [4.78, 5) is 12.0. The van der Waals surface area contributed by atoms with E-state index >= 15 is 0 Å². The molecule has 1 unspecified atom stereocenters. The summed E-state index contributed by atoms with van der Waals surface area (Å²) < 4.78 is 29.4. The summed E-state index contributed by atoms with van der Waals surface area (Å²) in [5, 5.41) is 10.5. The molecular formula is C16H18FN3O4. The second-order valence-electron chi connectivity index (χ2n) is 5.48. The number of nitrogens with zero attached hydrogens (tertiary/aromatic N) is 2. The van der Waals surface area contributed by atoms with Crippen molar-refractivity contribution in [3.63, 3.8) is 0 Å². The van der Waals surface area contributed by atoms with Gasteiger partial charge in [0.1, 0.15) is 0 Å². The Morgan fingerprint density at radius 2 is 2.33 bits per heavy atom. The van der Waals surface area contributed by atoms with E-state index in [-0.39, 0.29) is 23.8 Å². The van der Waals surface area contributed by atoms with Gasteiger partial charge in [-0.2, -0.15) is 0 Å². The Kier molecular flexibility index (Phi) is 5.05. The maximum absolute atomic E-state index is 13.6. The molecule has 0 aliphatic carbocycles. The molecule has 1 N–H and O–H groups in total. The minimum atomic E-state index is -0.595. The van der Waals surface area contributed by atoms with Crippen molar-refractivity contribution in [2.24, 2.45) is 0 Å². The number of aromatic nitrogens is 2. The second-order valence-corrected chi connectivity index (χ2v) is 5.48. The van der Waals surface area contributed by atoms with Gasteiger partial charge in [0, 0.05) is 12.2 Å². The van der Waals surface area contributed by atoms with Crippen molar-refractivity contribution in [2.45, 2.75) is 25.3 Å². The molecule has 1 aromatic carbocycles. The molecule has 2 aromatic rings. The third-order valence-electron chi connectivity index (χ3n) is 3.81. The van der Waals surface area contributed by atoms with Crippen molar-refractivity contribution >= 4 is 5.91 Å². The van der Waals surface area contributed by atoms with Gasteiger partial charge in [-0.3, -0.25) is 4.79 Å². The number of rotatable bonds is 5. The molecule has 0 spiro atoms. The maximum Gasteiger partial charge on any atom is 0.251 e. The summed E-state index contributed by atoms with van der Waals surface area (Å²) in [6.07, 6.45) is 1.90. The Balaban J connectivity index is 1.58. The number of carbonyl (C=O) groups excluding carboxylic acids is 1. The topological polar surface area (TPSA) is 86.5 Å². The molecule has 128 valence electrons. The van der Waals surface area contributed by atoms with Gasteiger partial charge >= 0.3 is 0 Å². The first-order chi connectivity index (χ1) is 11.7. The predicted molar refractivity (Wildman–Crippen MR) is 81.2 cm³/mol. The molecule has 0 bridgehead atoms. The molecule has 7 nitrogen and oxygen atoms in total. The molecule has 8 heteroatoms. The van der Waals surface area contributed by atoms with E-state index in [9.17, 15) is 9.18 Å². The van der Waals surface area contributed by atoms with Crippen LogP contribution in [0.3, 0.4) is 0 Å². The lowest BCUT2D eigenvalue weighted by Gasteiger charge is -2.18. The fourth-order valence-electron chi connectivity index (χ4n) is 2.50. The van der Waals surface area contributed by atoms with Crippen LogP contribution in [0.4, 0.5) is 4.39 Å². The monoisotopic (exact) mass is 335 g/mol. The van der Waals surface area contributed by atoms with Gasteiger partial charge in [0.2, 0.25) is 11.8 Å². The Hall–Kier alpha value is -2.48. The van der Waals surface area contributed by atoms with Crippen molar-refractivity contribution in [3.05, 3.63) is 41.4 Å². The van der Waals surface area contributed by atoms with E-state index in [1.54, 1.807) is 0 Å². The summed E-state index contributed by atoms with van der Waals surface area (Å²) in [6.45, 7) is 1.40. The van der Waals surface area contributed by atoms with Gasteiger partial charge in [-0.15, -0.1) is 10.2 Å². The SMILES string of the molecule is COc1ccc(C(=O)NCc2nnc(C3CCCOC3)o2)cc1F. The minimum absolute atomic E-state index is 0.0764. The van der Waals surface area contributed by atoms with Crippen LogP contribution >= 0.6 is 0 Å². The van der Waals surface area contributed by atoms with Gasteiger partial charge in [0.05, 0.1) is 26.2 Å². The van der Waals surface area contributed by atoms with Crippen LogP contribution in [0, 0.1) is 5.82 Å². The zero-order valence-electron chi connectivity index (χ0n) is 13.3. The highest BCUT2D eigenvalue weighted by Gasteiger charge is 2.22. The first-order valence-electron chi connectivity index (χ1n) is 7.69. The summed E-state index contributed by atoms with van der Waals surface area (Å²) in [7, 11) is 1.36. The van der Waals surface area contributed by atoms with Crippen molar-refractivity contribution in [1.82, 2.24) is 15.5 Å². The third-order valence-corrected chi connectivity index (χ3v) is 3.81. The lowest BCUT2D eigenvalue weighted by molar-refractivity contribution is 0.0720. The number of amides is 1. The van der Waals surface area contributed by atoms with Crippen LogP contribution in [0.25, 0.3) is 0 Å². The average Bonchev–Trinajstić information content (AvgIpc) is 3.09. The van der Waals surface area contributed by atoms with Crippen LogP contribution in [0.5, 0.6) is 5.75 Å². The highest BCUT2D eigenvalue weighted by molar-refractivity contribution is 5.94. The smallest absolute Gasteiger partial charge is 0.251 e. The fourth-order valence-corrected chi connectivity index (χ4v) is 2.50. The molecule has 1 atom stereocenters. The summed E-state index contributed by atoms with van der Waals surface area (Å²) in [5.41, 5.74) is 0.189. The number of hydrogen-bond donors (Lipinski definition) is 1. The highest BCUT2D eigenvalue weighted by Crippen LogP contribution is 2.24. The van der Waals surface area contributed by atoms with Crippen molar-refractivity contribution < 1.29 is 23.1 Å². The minimum Gasteiger partial charge on any atom is -0.494 e. The molecule has 3 rings (SSSR count). The van der Waals surface area contributed by atoms with Crippen molar-refractivity contribution in [1.29, 1.82) is 0 Å². The molecule has 0 radical (unpaired) electrons. The normalized spacial score (nSPS) is 17.5. The molecule has 1 fully saturated rings. The van der Waals surface area contributed by atoms with Gasteiger partial charge in [0.15, 0.2) is 11.6 Å². The van der Waals surface area contributed by atoms with E-state index < -0.39 is 11.7 Å². The van der Waals surface area contributed by atoms with Gasteiger partial charge in [-0.25, -0.2) is 4.39 Å². The van der Waals surface area contributed by atoms with Crippen LogP contribution in [0.2, 0.25) is 0 Å². The van der Waals surface area contributed by atoms with Gasteiger partial charge in [0.25, 0.3) is 5.91 Å². The summed E-state index contributed by atoms with van der Waals surface area (Å²) in [6, 6.07) is 4.00. The lowest BCUT2D eigenvalue weighted by atomic mass is 10.0. The zero-order valence-corrected chi connectivity index (χ0v) is 13.3. The van der Waals surface area contributed by atoms with Gasteiger partial charge in [-0.1, -0.05) is 0 Å². The molecule has 1 amide bonds. The summed E-state index contributed by atoms with van der Waals surface area (Å²) >= 11 is 0. The number of hydrogen-bond acceptors (Lipinski definition) is 6. The largest absolute Gasteiger partial charge is 0.494 e. The van der Waals surface area contributed by atoms with Crippen LogP contribution < -0.4 is 10.1 Å². The Morgan fingerprint density at radius 3 is 3.04 bits per heavy atom. The zero-order chi connectivity index (χ0) is 16.9. The second kappa shape index (κ2) is 7.39. The van der Waals surface area contributed by atoms with Crippen molar-refractivity contribution in [3.8, 4) is 5.75 Å². The van der Waals surface area contributed by atoms with Crippen LogP contribution in [-0.2, 0) is 11.3 Å². The summed E-state index contributed by atoms with van der Waals surface area (Å²) in [5.74, 6) is -0.0126. The maximum atomic E-state index is 13.6. The van der Waals surface area contributed by atoms with Crippen LogP contribution in [0.1, 0.15) is 40.9 Å². The predicted octanol–water partition coefficient (Wildman–Crippen LogP) is 2.04. The number of ether oxygens (including phenoxy) is 2. The molecule has 0 saturated carbocycles. The number of methoxy groups -OCH3 is 1. The number of carbonyl (C=O) groups is 1. The standard InChI is InChI=1S/C16H18FN3O4/c1-22-13-5-4-10(7-12(13)17)15(21)18-8-14-19-20-16(24-14)11-3-2-6-23-9-11/h4-5,7,11H,2-3,6,8-9H2,1H3,(H,18,21). The first kappa shape index (κ1) is 16.4. The van der Waals surface area contributed by atoms with E-state index in [0.717, 1.165) is 25.5 Å². The number of nitrogens with one attached hydrogen (secondary N) is 1. The molecule has 24 heavy (non-hydrogen) atoms. The molecule has 1 aliphatic rings. The van der Waals surface area contributed by atoms with Gasteiger partial charge < -0.3 is 19.2 Å². The molecular weight excluding hydrogens is 317 g/mol. The van der Waals surface area contributed by atoms with E-state index in [2.05, 4.69) is 15.5 Å². The number of halogens is 1.